The van der Waals surface area contributed by atoms with E-state index in [2.05, 4.69) is 6.07 Å². The molecule has 0 fully saturated rings. The summed E-state index contributed by atoms with van der Waals surface area (Å²) in [6, 6.07) is 10.9. The summed E-state index contributed by atoms with van der Waals surface area (Å²) in [7, 11) is 1.84. The van der Waals surface area contributed by atoms with E-state index >= 15 is 0 Å². The van der Waals surface area contributed by atoms with Crippen molar-refractivity contribution in [1.29, 1.82) is 0 Å². The van der Waals surface area contributed by atoms with Crippen molar-refractivity contribution in [3.05, 3.63) is 53.1 Å². The van der Waals surface area contributed by atoms with Crippen LogP contribution < -0.4 is 10.6 Å². The quantitative estimate of drug-likeness (QED) is 0.839. The fourth-order valence-electron chi connectivity index (χ4n) is 2.29. The molecule has 4 heteroatoms. The van der Waals surface area contributed by atoms with E-state index in [1.54, 1.807) is 12.1 Å². The minimum atomic E-state index is -0.962. The third-order valence-electron chi connectivity index (χ3n) is 3.21. The Bertz CT molecular complexity index is 645. The minimum Gasteiger partial charge on any atom is -0.478 e. The van der Waals surface area contributed by atoms with Gasteiger partial charge < -0.3 is 15.7 Å². The molecule has 3 N–H and O–H groups in total. The van der Waals surface area contributed by atoms with Gasteiger partial charge in [0.2, 0.25) is 0 Å². The number of nitrogen functional groups attached to an aromatic ring is 1. The lowest BCUT2D eigenvalue weighted by atomic mass is 10.1. The Morgan fingerprint density at radius 1 is 1.10 bits per heavy atom. The SMILES string of the molecule is Cc1cc(C)cc(N(C)c2cc(N)ccc2C(=O)O)c1. The molecule has 0 bridgehead atoms. The van der Waals surface area contributed by atoms with E-state index in [4.69, 9.17) is 5.73 Å². The number of aromatic carboxylic acids is 1. The average Bonchev–Trinajstić information content (AvgIpc) is 2.36. The average molecular weight is 270 g/mol. The van der Waals surface area contributed by atoms with E-state index < -0.39 is 5.97 Å². The van der Waals surface area contributed by atoms with E-state index in [9.17, 15) is 9.90 Å². The molecular formula is C16H18N2O2. The maximum atomic E-state index is 11.3. The second kappa shape index (κ2) is 5.25. The first-order chi connectivity index (χ1) is 9.38. The molecule has 20 heavy (non-hydrogen) atoms. The Morgan fingerprint density at radius 3 is 2.25 bits per heavy atom. The van der Waals surface area contributed by atoms with Gasteiger partial charge in [-0.25, -0.2) is 4.79 Å². The molecule has 4 nitrogen and oxygen atoms in total. The largest absolute Gasteiger partial charge is 0.478 e. The van der Waals surface area contributed by atoms with Crippen LogP contribution in [0, 0.1) is 13.8 Å². The molecule has 0 aliphatic carbocycles. The lowest BCUT2D eigenvalue weighted by Gasteiger charge is -2.22. The molecule has 0 aliphatic rings. The number of hydrogen-bond acceptors (Lipinski definition) is 3. The van der Waals surface area contributed by atoms with E-state index in [-0.39, 0.29) is 5.56 Å². The summed E-state index contributed by atoms with van der Waals surface area (Å²) in [5.74, 6) is -0.962. The Kier molecular flexibility index (Phi) is 3.66. The van der Waals surface area contributed by atoms with Crippen LogP contribution in [0.15, 0.2) is 36.4 Å². The first-order valence-corrected chi connectivity index (χ1v) is 6.33. The normalized spacial score (nSPS) is 10.3. The van der Waals surface area contributed by atoms with E-state index in [1.165, 1.54) is 6.07 Å². The smallest absolute Gasteiger partial charge is 0.337 e. The summed E-state index contributed by atoms with van der Waals surface area (Å²) in [4.78, 5) is 13.2. The molecule has 0 amide bonds. The van der Waals surface area contributed by atoms with Gasteiger partial charge in [-0.05, 0) is 55.3 Å². The highest BCUT2D eigenvalue weighted by Crippen LogP contribution is 2.30. The Labute approximate surface area is 118 Å². The molecule has 104 valence electrons. The number of nitrogens with zero attached hydrogens (tertiary/aromatic N) is 1. The van der Waals surface area contributed by atoms with Crippen molar-refractivity contribution in [2.45, 2.75) is 13.8 Å². The maximum Gasteiger partial charge on any atom is 0.337 e. The highest BCUT2D eigenvalue weighted by Gasteiger charge is 2.15. The zero-order chi connectivity index (χ0) is 14.9. The van der Waals surface area contributed by atoms with Crippen molar-refractivity contribution in [2.75, 3.05) is 17.7 Å². The molecule has 0 radical (unpaired) electrons. The number of rotatable bonds is 3. The van der Waals surface area contributed by atoms with Gasteiger partial charge in [-0.15, -0.1) is 0 Å². The van der Waals surface area contributed by atoms with Gasteiger partial charge >= 0.3 is 5.97 Å². The van der Waals surface area contributed by atoms with Crippen LogP contribution in [0.4, 0.5) is 17.1 Å². The van der Waals surface area contributed by atoms with E-state index in [1.807, 2.05) is 37.9 Å². The third kappa shape index (κ3) is 2.74. The molecule has 0 saturated carbocycles. The van der Waals surface area contributed by atoms with Crippen molar-refractivity contribution in [1.82, 2.24) is 0 Å². The lowest BCUT2D eigenvalue weighted by Crippen LogP contribution is -2.14. The summed E-state index contributed by atoms with van der Waals surface area (Å²) in [5, 5.41) is 9.29. The van der Waals surface area contributed by atoms with Crippen molar-refractivity contribution in [3.63, 3.8) is 0 Å². The number of carboxylic acid groups (broad SMARTS) is 1. The molecule has 0 atom stereocenters. The van der Waals surface area contributed by atoms with Gasteiger partial charge in [0.05, 0.1) is 11.3 Å². The van der Waals surface area contributed by atoms with Crippen molar-refractivity contribution in [2.24, 2.45) is 0 Å². The zero-order valence-corrected chi connectivity index (χ0v) is 11.8. The molecule has 2 aromatic rings. The lowest BCUT2D eigenvalue weighted by molar-refractivity contribution is 0.0697. The zero-order valence-electron chi connectivity index (χ0n) is 11.8. The Hall–Kier alpha value is -2.49. The number of anilines is 3. The van der Waals surface area contributed by atoms with Crippen LogP contribution in [0.2, 0.25) is 0 Å². The van der Waals surface area contributed by atoms with Crippen LogP contribution in [0.3, 0.4) is 0 Å². The van der Waals surface area contributed by atoms with Crippen LogP contribution >= 0.6 is 0 Å². The number of carbonyl (C=O) groups is 1. The van der Waals surface area contributed by atoms with Gasteiger partial charge in [-0.1, -0.05) is 6.07 Å². The van der Waals surface area contributed by atoms with Crippen molar-refractivity contribution in [3.8, 4) is 0 Å². The summed E-state index contributed by atoms with van der Waals surface area (Å²) in [6.07, 6.45) is 0. The predicted molar refractivity (Wildman–Crippen MR) is 81.8 cm³/mol. The standard InChI is InChI=1S/C16H18N2O2/c1-10-6-11(2)8-13(7-10)18(3)15-9-12(17)4-5-14(15)16(19)20/h4-9H,17H2,1-3H3,(H,19,20). The molecule has 0 saturated heterocycles. The first-order valence-electron chi connectivity index (χ1n) is 6.33. The molecule has 0 aromatic heterocycles. The fraction of sp³-hybridized carbons (Fsp3) is 0.188. The number of hydrogen-bond donors (Lipinski definition) is 2. The monoisotopic (exact) mass is 270 g/mol. The fourth-order valence-corrected chi connectivity index (χ4v) is 2.29. The van der Waals surface area contributed by atoms with Crippen LogP contribution in [0.25, 0.3) is 0 Å². The van der Waals surface area contributed by atoms with Gasteiger partial charge in [0.15, 0.2) is 0 Å². The number of aryl methyl sites for hydroxylation is 2. The van der Waals surface area contributed by atoms with Gasteiger partial charge in [0.1, 0.15) is 0 Å². The summed E-state index contributed by atoms with van der Waals surface area (Å²) in [5.41, 5.74) is 10.4. The predicted octanol–water partition coefficient (Wildman–Crippen LogP) is 3.35. The van der Waals surface area contributed by atoms with Crippen molar-refractivity contribution >= 4 is 23.0 Å². The van der Waals surface area contributed by atoms with Gasteiger partial charge in [-0.2, -0.15) is 0 Å². The topological polar surface area (TPSA) is 66.6 Å². The molecular weight excluding hydrogens is 252 g/mol. The Morgan fingerprint density at radius 2 is 1.70 bits per heavy atom. The molecule has 2 rings (SSSR count). The van der Waals surface area contributed by atoms with Gasteiger partial charge in [0, 0.05) is 18.4 Å². The Balaban J connectivity index is 2.54. The second-order valence-corrected chi connectivity index (χ2v) is 4.99. The third-order valence-corrected chi connectivity index (χ3v) is 3.21. The van der Waals surface area contributed by atoms with Gasteiger partial charge in [-0.3, -0.25) is 0 Å². The van der Waals surface area contributed by atoms with E-state index in [0.29, 0.717) is 11.4 Å². The highest BCUT2D eigenvalue weighted by molar-refractivity contribution is 5.96. The number of benzene rings is 2. The summed E-state index contributed by atoms with van der Waals surface area (Å²) < 4.78 is 0. The minimum absolute atomic E-state index is 0.237. The van der Waals surface area contributed by atoms with Crippen LogP contribution in [0.1, 0.15) is 21.5 Å². The van der Waals surface area contributed by atoms with Crippen LogP contribution in [0.5, 0.6) is 0 Å². The first kappa shape index (κ1) is 13.9. The molecule has 0 unspecified atom stereocenters. The molecule has 0 spiro atoms. The summed E-state index contributed by atoms with van der Waals surface area (Å²) >= 11 is 0. The highest BCUT2D eigenvalue weighted by atomic mass is 16.4. The summed E-state index contributed by atoms with van der Waals surface area (Å²) in [6.45, 7) is 4.03. The molecule has 0 aliphatic heterocycles. The maximum absolute atomic E-state index is 11.3. The van der Waals surface area contributed by atoms with Crippen LogP contribution in [-0.2, 0) is 0 Å². The van der Waals surface area contributed by atoms with Gasteiger partial charge in [0.25, 0.3) is 0 Å². The number of carboxylic acids is 1. The molecule has 2 aromatic carbocycles. The second-order valence-electron chi connectivity index (χ2n) is 4.99. The van der Waals surface area contributed by atoms with E-state index in [0.717, 1.165) is 16.8 Å². The van der Waals surface area contributed by atoms with Crippen LogP contribution in [-0.4, -0.2) is 18.1 Å². The molecule has 0 heterocycles. The van der Waals surface area contributed by atoms with Crippen molar-refractivity contribution < 1.29 is 9.90 Å². The number of nitrogens with two attached hydrogens (primary N) is 1.